The maximum atomic E-state index is 13.7. The van der Waals surface area contributed by atoms with E-state index < -0.39 is 9.84 Å². The van der Waals surface area contributed by atoms with E-state index in [0.29, 0.717) is 16.3 Å². The van der Waals surface area contributed by atoms with Crippen molar-refractivity contribution in [3.63, 3.8) is 0 Å². The highest BCUT2D eigenvalue weighted by Gasteiger charge is 2.32. The van der Waals surface area contributed by atoms with Gasteiger partial charge in [0.05, 0.1) is 10.6 Å². The Kier molecular flexibility index (Phi) is 6.77. The van der Waals surface area contributed by atoms with E-state index in [4.69, 9.17) is 17.3 Å². The van der Waals surface area contributed by atoms with Crippen LogP contribution in [0.15, 0.2) is 70.5 Å². The molecule has 0 spiro atoms. The van der Waals surface area contributed by atoms with Crippen molar-refractivity contribution in [3.05, 3.63) is 98.4 Å². The van der Waals surface area contributed by atoms with Crippen LogP contribution in [-0.2, 0) is 9.84 Å². The molecule has 1 heterocycles. The average Bonchev–Trinajstić information content (AvgIpc) is 3.12. The van der Waals surface area contributed by atoms with E-state index in [-0.39, 0.29) is 31.1 Å². The topological polar surface area (TPSA) is 89.3 Å². The molecule has 0 atom stereocenters. The number of nitrogen functional groups attached to an aromatic ring is 1. The number of ketones is 1. The van der Waals surface area contributed by atoms with Gasteiger partial charge >= 0.3 is 0 Å². The number of carbonyl (C=O) groups excluding carboxylic acids is 1. The van der Waals surface area contributed by atoms with E-state index in [9.17, 15) is 13.2 Å². The Labute approximate surface area is 214 Å². The monoisotopic (exact) mass is 524 g/mol. The highest BCUT2D eigenvalue weighted by Crippen LogP contribution is 2.44. The van der Waals surface area contributed by atoms with Crippen molar-refractivity contribution in [1.29, 1.82) is 0 Å². The average molecular weight is 525 g/mol. The van der Waals surface area contributed by atoms with Crippen LogP contribution in [0.4, 0.5) is 16.4 Å². The van der Waals surface area contributed by atoms with Gasteiger partial charge in [0.2, 0.25) is 15.6 Å². The Bertz CT molecular complexity index is 1560. The molecule has 0 unspecified atom stereocenters. The molecule has 0 saturated heterocycles. The molecule has 4 aromatic rings. The number of halogens is 1. The molecule has 180 valence electrons. The van der Waals surface area contributed by atoms with Crippen molar-refractivity contribution in [2.45, 2.75) is 37.5 Å². The molecule has 0 fully saturated rings. The highest BCUT2D eigenvalue weighted by atomic mass is 35.5. The maximum Gasteiger partial charge on any atom is 0.211 e. The third kappa shape index (κ3) is 4.85. The van der Waals surface area contributed by atoms with E-state index in [2.05, 4.69) is 5.32 Å². The van der Waals surface area contributed by atoms with Gasteiger partial charge in [0.15, 0.2) is 0 Å². The van der Waals surface area contributed by atoms with Gasteiger partial charge in [0.1, 0.15) is 14.8 Å². The van der Waals surface area contributed by atoms with Crippen LogP contribution in [-0.4, -0.2) is 14.2 Å². The van der Waals surface area contributed by atoms with Gasteiger partial charge in [-0.05, 0) is 80.8 Å². The van der Waals surface area contributed by atoms with Gasteiger partial charge in [-0.3, -0.25) is 4.79 Å². The largest absolute Gasteiger partial charge is 0.396 e. The number of thiophene rings is 1. The van der Waals surface area contributed by atoms with Gasteiger partial charge < -0.3 is 11.1 Å². The Balaban J connectivity index is 1.90. The molecule has 3 N–H and O–H groups in total. The summed E-state index contributed by atoms with van der Waals surface area (Å²) in [6, 6.07) is 17.1. The molecule has 0 aliphatic carbocycles. The Hall–Kier alpha value is -3.13. The molecule has 5 nitrogen and oxygen atoms in total. The molecular formula is C27H25ClN2O3S2. The molecule has 0 aliphatic rings. The number of carbonyl (C=O) groups is 1. The molecule has 0 aliphatic heterocycles. The lowest BCUT2D eigenvalue weighted by Gasteiger charge is -2.11. The molecule has 4 rings (SSSR count). The van der Waals surface area contributed by atoms with Crippen LogP contribution < -0.4 is 11.1 Å². The van der Waals surface area contributed by atoms with Crippen molar-refractivity contribution in [2.75, 3.05) is 11.1 Å². The van der Waals surface area contributed by atoms with E-state index >= 15 is 0 Å². The number of hydrogen-bond acceptors (Lipinski definition) is 6. The lowest BCUT2D eigenvalue weighted by molar-refractivity contribution is 0.104. The van der Waals surface area contributed by atoms with E-state index in [0.717, 1.165) is 33.6 Å². The van der Waals surface area contributed by atoms with Crippen molar-refractivity contribution < 1.29 is 13.2 Å². The minimum absolute atomic E-state index is 0.0417. The number of anilines is 3. The molecule has 8 heteroatoms. The van der Waals surface area contributed by atoms with Crippen LogP contribution in [0.1, 0.15) is 37.5 Å². The summed E-state index contributed by atoms with van der Waals surface area (Å²) in [6.07, 6.45) is 0. The third-order valence-corrected chi connectivity index (χ3v) is 9.25. The van der Waals surface area contributed by atoms with Crippen LogP contribution in [0.25, 0.3) is 0 Å². The Morgan fingerprint density at radius 2 is 1.57 bits per heavy atom. The number of nitrogens with one attached hydrogen (secondary N) is 1. The molecule has 3 aromatic carbocycles. The highest BCUT2D eigenvalue weighted by molar-refractivity contribution is 7.92. The molecule has 35 heavy (non-hydrogen) atoms. The van der Waals surface area contributed by atoms with Crippen molar-refractivity contribution in [1.82, 2.24) is 0 Å². The van der Waals surface area contributed by atoms with Gasteiger partial charge in [0.25, 0.3) is 0 Å². The number of rotatable bonds is 6. The van der Waals surface area contributed by atoms with Crippen LogP contribution in [0, 0.1) is 27.7 Å². The summed E-state index contributed by atoms with van der Waals surface area (Å²) in [6.45, 7) is 7.77. The normalized spacial score (nSPS) is 11.5. The first kappa shape index (κ1) is 25.0. The first-order valence-electron chi connectivity index (χ1n) is 10.9. The van der Waals surface area contributed by atoms with Gasteiger partial charge in [-0.1, -0.05) is 41.4 Å². The summed E-state index contributed by atoms with van der Waals surface area (Å²) < 4.78 is 27.4. The fraction of sp³-hybridized carbons (Fsp3) is 0.148. The lowest BCUT2D eigenvalue weighted by atomic mass is 10.0. The molecule has 0 amide bonds. The number of aryl methyl sites for hydroxylation is 4. The zero-order valence-corrected chi connectivity index (χ0v) is 22.2. The third-order valence-electron chi connectivity index (χ3n) is 5.89. The van der Waals surface area contributed by atoms with E-state index in [1.54, 1.807) is 6.07 Å². The van der Waals surface area contributed by atoms with Gasteiger partial charge in [-0.2, -0.15) is 0 Å². The minimum atomic E-state index is -4.06. The van der Waals surface area contributed by atoms with Crippen LogP contribution in [0.3, 0.4) is 0 Å². The van der Waals surface area contributed by atoms with Crippen molar-refractivity contribution in [3.8, 4) is 0 Å². The summed E-state index contributed by atoms with van der Waals surface area (Å²) in [5.41, 5.74) is 11.5. The summed E-state index contributed by atoms with van der Waals surface area (Å²) in [4.78, 5) is 13.6. The summed E-state index contributed by atoms with van der Waals surface area (Å²) in [5, 5.41) is 3.90. The smallest absolute Gasteiger partial charge is 0.211 e. The SMILES string of the molecule is Cc1ccc(C(=O)c2sc(Nc3ccc(C)c(C)c3)c(S(=O)(=O)c3ccc(Cl)cc3)c2N)c(C)c1. The van der Waals surface area contributed by atoms with Gasteiger partial charge in [-0.15, -0.1) is 11.3 Å². The second kappa shape index (κ2) is 9.49. The molecule has 0 bridgehead atoms. The minimum Gasteiger partial charge on any atom is -0.396 e. The van der Waals surface area contributed by atoms with Gasteiger partial charge in [0, 0.05) is 16.3 Å². The second-order valence-electron chi connectivity index (χ2n) is 8.53. The van der Waals surface area contributed by atoms with Crippen LogP contribution in [0.2, 0.25) is 5.02 Å². The quantitative estimate of drug-likeness (QED) is 0.264. The number of sulfone groups is 1. The summed E-state index contributed by atoms with van der Waals surface area (Å²) in [7, 11) is -4.06. The molecule has 0 radical (unpaired) electrons. The van der Waals surface area contributed by atoms with Crippen molar-refractivity contribution >= 4 is 54.9 Å². The summed E-state index contributed by atoms with van der Waals surface area (Å²) in [5.74, 6) is -0.314. The fourth-order valence-corrected chi connectivity index (χ4v) is 6.87. The zero-order chi connectivity index (χ0) is 25.5. The van der Waals surface area contributed by atoms with Crippen LogP contribution >= 0.6 is 22.9 Å². The van der Waals surface area contributed by atoms with E-state index in [1.165, 1.54) is 24.3 Å². The Morgan fingerprint density at radius 3 is 2.20 bits per heavy atom. The predicted molar refractivity (Wildman–Crippen MR) is 144 cm³/mol. The fourth-order valence-electron chi connectivity index (χ4n) is 3.82. The predicted octanol–water partition coefficient (Wildman–Crippen LogP) is 7.02. The first-order valence-corrected chi connectivity index (χ1v) is 13.6. The Morgan fingerprint density at radius 1 is 0.886 bits per heavy atom. The maximum absolute atomic E-state index is 13.7. The van der Waals surface area contributed by atoms with E-state index in [1.807, 2.05) is 58.0 Å². The van der Waals surface area contributed by atoms with Crippen LogP contribution in [0.5, 0.6) is 0 Å². The second-order valence-corrected chi connectivity index (χ2v) is 11.9. The molecular weight excluding hydrogens is 500 g/mol. The van der Waals surface area contributed by atoms with Crippen molar-refractivity contribution in [2.24, 2.45) is 0 Å². The molecule has 1 aromatic heterocycles. The number of nitrogens with two attached hydrogens (primary N) is 1. The molecule has 0 saturated carbocycles. The number of hydrogen-bond donors (Lipinski definition) is 2. The summed E-state index contributed by atoms with van der Waals surface area (Å²) >= 11 is 7.01. The first-order chi connectivity index (χ1) is 16.5. The zero-order valence-electron chi connectivity index (χ0n) is 19.8. The standard InChI is InChI=1S/C27H25ClN2O3S2/c1-15-5-12-22(18(4)13-15)24(31)25-23(29)26(35(32,33)21-10-7-19(28)8-11-21)27(34-25)30-20-9-6-16(2)17(3)14-20/h5-14,30H,29H2,1-4H3. The number of benzene rings is 3. The lowest BCUT2D eigenvalue weighted by Crippen LogP contribution is -2.09. The van der Waals surface area contributed by atoms with Gasteiger partial charge in [-0.25, -0.2) is 8.42 Å².